The summed E-state index contributed by atoms with van der Waals surface area (Å²) >= 11 is 0. The highest BCUT2D eigenvalue weighted by Gasteiger charge is 2.21. The maximum atomic E-state index is 13.5. The summed E-state index contributed by atoms with van der Waals surface area (Å²) in [6.45, 7) is 0. The summed E-state index contributed by atoms with van der Waals surface area (Å²) < 4.78 is 0. The average molecular weight is 416 g/mol. The molecule has 2 aromatic heterocycles. The van der Waals surface area contributed by atoms with E-state index in [1.165, 1.54) is 0 Å². The normalized spacial score (nSPS) is 13.2. The van der Waals surface area contributed by atoms with Crippen LogP contribution in [0.15, 0.2) is 95.2 Å². The Morgan fingerprint density at radius 1 is 0.656 bits per heavy atom. The van der Waals surface area contributed by atoms with Crippen LogP contribution in [0, 0.1) is 0 Å². The molecule has 0 N–H and O–H groups in total. The molecule has 1 aliphatic carbocycles. The molecule has 0 radical (unpaired) electrons. The van der Waals surface area contributed by atoms with Gasteiger partial charge in [0.2, 0.25) is 0 Å². The van der Waals surface area contributed by atoms with E-state index in [0.29, 0.717) is 11.1 Å². The lowest BCUT2D eigenvalue weighted by molar-refractivity contribution is 0.103. The van der Waals surface area contributed by atoms with Crippen molar-refractivity contribution < 1.29 is 4.79 Å². The van der Waals surface area contributed by atoms with Crippen LogP contribution in [0.2, 0.25) is 0 Å². The van der Waals surface area contributed by atoms with Crippen LogP contribution >= 0.6 is 0 Å². The van der Waals surface area contributed by atoms with Gasteiger partial charge >= 0.3 is 0 Å². The molecule has 0 saturated carbocycles. The number of aromatic nitrogens is 2. The molecule has 32 heavy (non-hydrogen) atoms. The topological polar surface area (TPSA) is 67.6 Å². The number of aryl methyl sites for hydroxylation is 2. The van der Waals surface area contributed by atoms with Crippen molar-refractivity contribution in [2.75, 3.05) is 0 Å². The lowest BCUT2D eigenvalue weighted by Gasteiger charge is -2.07. The van der Waals surface area contributed by atoms with E-state index in [4.69, 9.17) is 0 Å². The number of ketones is 1. The van der Waals surface area contributed by atoms with Gasteiger partial charge in [-0.3, -0.25) is 24.7 Å². The molecule has 0 spiro atoms. The number of fused-ring (bicyclic) bond motifs is 2. The number of carbonyl (C=O) groups excluding carboxylic acids is 1. The van der Waals surface area contributed by atoms with Gasteiger partial charge in [0.05, 0.1) is 35.2 Å². The molecule has 0 bridgehead atoms. The molecule has 0 saturated heterocycles. The number of hydrogen-bond donors (Lipinski definition) is 0. The monoisotopic (exact) mass is 416 g/mol. The molecule has 5 rings (SSSR count). The second-order valence-electron chi connectivity index (χ2n) is 7.54. The molecule has 1 aliphatic rings. The van der Waals surface area contributed by atoms with Crippen LogP contribution in [0.3, 0.4) is 0 Å². The highest BCUT2D eigenvalue weighted by Crippen LogP contribution is 2.30. The number of carbonyl (C=O) groups is 1. The van der Waals surface area contributed by atoms with Crippen molar-refractivity contribution in [1.29, 1.82) is 0 Å². The summed E-state index contributed by atoms with van der Waals surface area (Å²) in [5.74, 6) is 0.0114. The molecular formula is C27H20N4O. The fourth-order valence-corrected chi connectivity index (χ4v) is 3.75. The van der Waals surface area contributed by atoms with E-state index in [0.717, 1.165) is 46.7 Å². The van der Waals surface area contributed by atoms with E-state index in [2.05, 4.69) is 20.0 Å². The Bertz CT molecular complexity index is 1230. The van der Waals surface area contributed by atoms with Crippen LogP contribution < -0.4 is 0 Å². The molecule has 0 fully saturated rings. The summed E-state index contributed by atoms with van der Waals surface area (Å²) in [5.41, 5.74) is 6.49. The fourth-order valence-electron chi connectivity index (χ4n) is 3.75. The van der Waals surface area contributed by atoms with Crippen LogP contribution in [0.25, 0.3) is 0 Å². The van der Waals surface area contributed by atoms with Crippen molar-refractivity contribution >= 4 is 29.6 Å². The molecule has 2 aromatic carbocycles. The Kier molecular flexibility index (Phi) is 5.45. The van der Waals surface area contributed by atoms with Crippen LogP contribution in [-0.4, -0.2) is 28.2 Å². The fraction of sp³-hybridized carbons (Fsp3) is 0.0741. The van der Waals surface area contributed by atoms with Crippen molar-refractivity contribution in [3.63, 3.8) is 0 Å². The Balaban J connectivity index is 1.45. The summed E-state index contributed by atoms with van der Waals surface area (Å²) in [4.78, 5) is 31.0. The average Bonchev–Trinajstić information content (AvgIpc) is 2.99. The zero-order valence-corrected chi connectivity index (χ0v) is 17.3. The Morgan fingerprint density at radius 3 is 1.59 bits per heavy atom. The van der Waals surface area contributed by atoms with Gasteiger partial charge in [0.15, 0.2) is 5.78 Å². The van der Waals surface area contributed by atoms with E-state index < -0.39 is 0 Å². The summed E-state index contributed by atoms with van der Waals surface area (Å²) in [6, 6.07) is 23.0. The van der Waals surface area contributed by atoms with Gasteiger partial charge in [-0.2, -0.15) is 0 Å². The standard InChI is InChI=1S/C27H20N4O/c32-27-25-15-21(30-17-23-5-1-3-13-28-23)11-9-19(25)7-8-20-10-12-22(16-26(20)27)31-18-24-6-2-4-14-29-24/h1-6,9-18H,7-8H2. The molecule has 5 heteroatoms. The Labute approximate surface area is 186 Å². The second kappa shape index (κ2) is 8.86. The first kappa shape index (κ1) is 19.7. The molecule has 0 amide bonds. The highest BCUT2D eigenvalue weighted by molar-refractivity contribution is 6.12. The molecule has 0 unspecified atom stereocenters. The van der Waals surface area contributed by atoms with Gasteiger partial charge in [0.25, 0.3) is 0 Å². The third kappa shape index (κ3) is 4.27. The van der Waals surface area contributed by atoms with Crippen molar-refractivity contribution in [2.45, 2.75) is 12.8 Å². The Hall–Kier alpha value is -4.25. The molecule has 2 heterocycles. The second-order valence-corrected chi connectivity index (χ2v) is 7.54. The predicted octanol–water partition coefficient (Wildman–Crippen LogP) is 5.31. The molecular weight excluding hydrogens is 396 g/mol. The van der Waals surface area contributed by atoms with Gasteiger partial charge in [0, 0.05) is 23.5 Å². The van der Waals surface area contributed by atoms with E-state index in [9.17, 15) is 4.79 Å². The van der Waals surface area contributed by atoms with Gasteiger partial charge in [-0.1, -0.05) is 24.3 Å². The smallest absolute Gasteiger partial charge is 0.193 e. The van der Waals surface area contributed by atoms with E-state index in [1.54, 1.807) is 24.8 Å². The number of hydrogen-bond acceptors (Lipinski definition) is 5. The Morgan fingerprint density at radius 2 is 1.16 bits per heavy atom. The third-order valence-corrected chi connectivity index (χ3v) is 5.41. The van der Waals surface area contributed by atoms with E-state index in [-0.39, 0.29) is 5.78 Å². The van der Waals surface area contributed by atoms with Gasteiger partial charge in [-0.05, 0) is 72.5 Å². The molecule has 5 nitrogen and oxygen atoms in total. The van der Waals surface area contributed by atoms with Gasteiger partial charge in [0.1, 0.15) is 0 Å². The maximum absolute atomic E-state index is 13.5. The van der Waals surface area contributed by atoms with Crippen LogP contribution in [0.4, 0.5) is 11.4 Å². The minimum Gasteiger partial charge on any atom is -0.289 e. The highest BCUT2D eigenvalue weighted by atomic mass is 16.1. The minimum atomic E-state index is 0.0114. The first-order chi connectivity index (χ1) is 15.8. The van der Waals surface area contributed by atoms with Crippen LogP contribution in [0.5, 0.6) is 0 Å². The number of aliphatic imine (C=N–C) groups is 2. The lowest BCUT2D eigenvalue weighted by atomic mass is 9.98. The SMILES string of the molecule is O=C1c2cc(N=Cc3ccccn3)ccc2CCc2ccc(N=Cc3ccccn3)cc21. The van der Waals surface area contributed by atoms with Crippen molar-refractivity contribution in [3.8, 4) is 0 Å². The van der Waals surface area contributed by atoms with Crippen molar-refractivity contribution in [1.82, 2.24) is 9.97 Å². The van der Waals surface area contributed by atoms with Gasteiger partial charge in [-0.15, -0.1) is 0 Å². The molecule has 0 atom stereocenters. The zero-order valence-electron chi connectivity index (χ0n) is 17.3. The number of nitrogens with zero attached hydrogens (tertiary/aromatic N) is 4. The lowest BCUT2D eigenvalue weighted by Crippen LogP contribution is -2.04. The summed E-state index contributed by atoms with van der Waals surface area (Å²) in [6.07, 6.45) is 8.51. The predicted molar refractivity (Wildman–Crippen MR) is 127 cm³/mol. The third-order valence-electron chi connectivity index (χ3n) is 5.41. The van der Waals surface area contributed by atoms with Gasteiger partial charge in [-0.25, -0.2) is 0 Å². The first-order valence-electron chi connectivity index (χ1n) is 10.5. The zero-order chi connectivity index (χ0) is 21.8. The molecule has 154 valence electrons. The summed E-state index contributed by atoms with van der Waals surface area (Å²) in [7, 11) is 0. The van der Waals surface area contributed by atoms with Crippen molar-refractivity contribution in [3.05, 3.63) is 119 Å². The van der Waals surface area contributed by atoms with E-state index >= 15 is 0 Å². The van der Waals surface area contributed by atoms with Gasteiger partial charge < -0.3 is 0 Å². The van der Waals surface area contributed by atoms with E-state index in [1.807, 2.05) is 72.8 Å². The largest absolute Gasteiger partial charge is 0.289 e. The number of rotatable bonds is 4. The minimum absolute atomic E-state index is 0.0114. The van der Waals surface area contributed by atoms with Crippen molar-refractivity contribution in [2.24, 2.45) is 9.98 Å². The summed E-state index contributed by atoms with van der Waals surface area (Å²) in [5, 5.41) is 0. The van der Waals surface area contributed by atoms with Crippen LogP contribution in [0.1, 0.15) is 38.4 Å². The number of benzene rings is 2. The molecule has 0 aliphatic heterocycles. The first-order valence-corrected chi connectivity index (χ1v) is 10.5. The molecule has 4 aromatic rings. The quantitative estimate of drug-likeness (QED) is 0.424. The number of pyridine rings is 2. The van der Waals surface area contributed by atoms with Crippen LogP contribution in [-0.2, 0) is 12.8 Å². The maximum Gasteiger partial charge on any atom is 0.193 e.